The molecule has 81 heavy (non-hydrogen) atoms. The predicted octanol–water partition coefficient (Wildman–Crippen LogP) is 21.5. The minimum absolute atomic E-state index is 0.0464. The summed E-state index contributed by atoms with van der Waals surface area (Å²) in [5.74, 6) is -0.840. The third kappa shape index (κ3) is 65.4. The van der Waals surface area contributed by atoms with Crippen molar-refractivity contribution in [2.45, 2.75) is 290 Å². The summed E-state index contributed by atoms with van der Waals surface area (Å²) >= 11 is 0. The molecule has 0 spiro atoms. The van der Waals surface area contributed by atoms with Crippen LogP contribution in [0.4, 0.5) is 0 Å². The lowest BCUT2D eigenvalue weighted by Crippen LogP contribution is -2.29. The van der Waals surface area contributed by atoms with Crippen molar-refractivity contribution in [2.24, 2.45) is 5.73 Å². The number of carbonyl (C=O) groups excluding carboxylic acids is 2. The molecular formula is C71H122NO8P. The van der Waals surface area contributed by atoms with Gasteiger partial charge < -0.3 is 20.1 Å². The van der Waals surface area contributed by atoms with E-state index in [4.69, 9.17) is 24.3 Å². The molecular weight excluding hydrogens is 1030 g/mol. The fourth-order valence-corrected chi connectivity index (χ4v) is 9.74. The summed E-state index contributed by atoms with van der Waals surface area (Å²) in [4.78, 5) is 35.3. The van der Waals surface area contributed by atoms with Crippen molar-refractivity contribution in [3.8, 4) is 0 Å². The molecule has 0 heterocycles. The number of nitrogens with two attached hydrogens (primary N) is 1. The smallest absolute Gasteiger partial charge is 0.462 e. The van der Waals surface area contributed by atoms with Gasteiger partial charge in [-0.3, -0.25) is 18.6 Å². The van der Waals surface area contributed by atoms with Crippen molar-refractivity contribution in [1.82, 2.24) is 0 Å². The minimum atomic E-state index is -4.40. The second-order valence-electron chi connectivity index (χ2n) is 21.6. The topological polar surface area (TPSA) is 134 Å². The first-order valence-electron chi connectivity index (χ1n) is 33.0. The van der Waals surface area contributed by atoms with E-state index in [1.807, 2.05) is 0 Å². The third-order valence-corrected chi connectivity index (χ3v) is 14.8. The van der Waals surface area contributed by atoms with Gasteiger partial charge in [0.1, 0.15) is 6.61 Å². The molecule has 0 aliphatic carbocycles. The lowest BCUT2D eigenvalue weighted by atomic mass is 10.0. The van der Waals surface area contributed by atoms with Gasteiger partial charge in [-0.05, 0) is 109 Å². The Labute approximate surface area is 498 Å². The number of unbranched alkanes of at least 4 members (excludes halogenated alkanes) is 28. The van der Waals surface area contributed by atoms with Crippen LogP contribution in [0.2, 0.25) is 0 Å². The van der Waals surface area contributed by atoms with Crippen LogP contribution >= 0.6 is 7.82 Å². The highest BCUT2D eigenvalue weighted by atomic mass is 31.2. The van der Waals surface area contributed by atoms with Gasteiger partial charge in [-0.2, -0.15) is 0 Å². The van der Waals surface area contributed by atoms with E-state index in [0.29, 0.717) is 6.42 Å². The Morgan fingerprint density at radius 2 is 0.679 bits per heavy atom. The summed E-state index contributed by atoms with van der Waals surface area (Å²) in [5.41, 5.74) is 5.39. The second kappa shape index (κ2) is 65.6. The van der Waals surface area contributed by atoms with Gasteiger partial charge >= 0.3 is 19.8 Å². The van der Waals surface area contributed by atoms with Crippen molar-refractivity contribution in [3.05, 3.63) is 122 Å². The second-order valence-corrected chi connectivity index (χ2v) is 23.1. The number of hydrogen-bond donors (Lipinski definition) is 2. The molecule has 0 aliphatic heterocycles. The van der Waals surface area contributed by atoms with E-state index in [1.165, 1.54) is 148 Å². The van der Waals surface area contributed by atoms with Crippen molar-refractivity contribution >= 4 is 19.8 Å². The Morgan fingerprint density at radius 1 is 0.383 bits per heavy atom. The number of phosphoric ester groups is 1. The summed E-state index contributed by atoms with van der Waals surface area (Å²) in [6.45, 7) is 3.63. The molecule has 464 valence electrons. The maximum atomic E-state index is 12.7. The lowest BCUT2D eigenvalue weighted by molar-refractivity contribution is -0.161. The Hall–Kier alpha value is -3.59. The number of ether oxygens (including phenoxy) is 2. The van der Waals surface area contributed by atoms with Crippen molar-refractivity contribution in [1.29, 1.82) is 0 Å². The quantitative estimate of drug-likeness (QED) is 0.0264. The van der Waals surface area contributed by atoms with Crippen LogP contribution in [0.5, 0.6) is 0 Å². The Bertz CT molecular complexity index is 1740. The molecule has 0 rings (SSSR count). The summed E-state index contributed by atoms with van der Waals surface area (Å²) < 4.78 is 33.1. The normalized spacial score (nSPS) is 13.8. The summed E-state index contributed by atoms with van der Waals surface area (Å²) in [6.07, 6.45) is 91.3. The Balaban J connectivity index is 3.99. The van der Waals surface area contributed by atoms with Crippen LogP contribution in [-0.2, 0) is 32.7 Å². The molecule has 2 unspecified atom stereocenters. The van der Waals surface area contributed by atoms with Gasteiger partial charge in [0.15, 0.2) is 6.10 Å². The van der Waals surface area contributed by atoms with Crippen LogP contribution in [0.25, 0.3) is 0 Å². The molecule has 3 N–H and O–H groups in total. The zero-order valence-electron chi connectivity index (χ0n) is 52.0. The van der Waals surface area contributed by atoms with Crippen molar-refractivity contribution < 1.29 is 37.6 Å². The standard InChI is InChI=1S/C71H122NO8P/c1-3-5-7-9-11-13-15-17-19-21-23-25-27-29-30-31-32-33-34-35-36-37-38-40-42-44-46-48-50-52-54-56-58-60-62-64-71(74)80-69(68-79-81(75,76)78-66-65-72)67-77-70(73)63-61-59-57-55-53-51-49-47-45-43-41-39-28-26-24-22-20-18-16-14-12-10-8-6-4-2/h5,7,11,13,17,19,22-25,29-30,32-33,35-36,38,40,44,46,69H,3-4,6,8-10,12,14-16,18,20-21,26-28,31,34,37,39,41-43,45,47-68,72H2,1-2H3,(H,75,76)/b7-5-,13-11-,19-17-,24-22-,25-23-,30-29-,33-32-,36-35-,40-38-,46-44-. The first kappa shape index (κ1) is 77.4. The molecule has 10 heteroatoms. The molecule has 0 fully saturated rings. The molecule has 0 amide bonds. The van der Waals surface area contributed by atoms with Crippen molar-refractivity contribution in [3.63, 3.8) is 0 Å². The van der Waals surface area contributed by atoms with Gasteiger partial charge in [0.2, 0.25) is 0 Å². The number of rotatable bonds is 61. The van der Waals surface area contributed by atoms with Crippen LogP contribution < -0.4 is 5.73 Å². The number of phosphoric acid groups is 1. The van der Waals surface area contributed by atoms with Gasteiger partial charge in [-0.25, -0.2) is 4.57 Å². The maximum Gasteiger partial charge on any atom is 0.472 e. The van der Waals surface area contributed by atoms with Gasteiger partial charge in [-0.1, -0.05) is 283 Å². The molecule has 0 aromatic rings. The molecule has 0 radical (unpaired) electrons. The molecule has 0 bridgehead atoms. The number of hydrogen-bond acceptors (Lipinski definition) is 8. The van der Waals surface area contributed by atoms with Gasteiger partial charge in [0, 0.05) is 19.4 Å². The number of esters is 2. The number of allylic oxidation sites excluding steroid dienone is 20. The average Bonchev–Trinajstić information content (AvgIpc) is 3.46. The highest BCUT2D eigenvalue weighted by Crippen LogP contribution is 2.43. The van der Waals surface area contributed by atoms with E-state index in [2.05, 4.69) is 135 Å². The Morgan fingerprint density at radius 3 is 1.02 bits per heavy atom. The van der Waals surface area contributed by atoms with Gasteiger partial charge in [0.25, 0.3) is 0 Å². The fraction of sp³-hybridized carbons (Fsp3) is 0.690. The van der Waals surface area contributed by atoms with E-state index in [0.717, 1.165) is 103 Å². The lowest BCUT2D eigenvalue weighted by Gasteiger charge is -2.19. The van der Waals surface area contributed by atoms with Crippen LogP contribution in [-0.4, -0.2) is 49.3 Å². The molecule has 2 atom stereocenters. The van der Waals surface area contributed by atoms with Crippen molar-refractivity contribution in [2.75, 3.05) is 26.4 Å². The monoisotopic (exact) mass is 1150 g/mol. The average molecular weight is 1150 g/mol. The van der Waals surface area contributed by atoms with E-state index >= 15 is 0 Å². The molecule has 0 aromatic carbocycles. The van der Waals surface area contributed by atoms with E-state index in [9.17, 15) is 19.0 Å². The zero-order valence-corrected chi connectivity index (χ0v) is 52.9. The van der Waals surface area contributed by atoms with E-state index < -0.39 is 26.5 Å². The SMILES string of the molecule is CC/C=C\C/C=C\C/C=C\C/C=C\C/C=C\C/C=C\C/C=C\C/C=C\C/C=C\CCCCCCCCCC(=O)OC(COC(=O)CCCCCCCCCCCCCCC/C=C\CCCCCCCCCC)COP(=O)(O)OCCN. The van der Waals surface area contributed by atoms with Gasteiger partial charge in [-0.15, -0.1) is 0 Å². The minimum Gasteiger partial charge on any atom is -0.462 e. The van der Waals surface area contributed by atoms with Crippen LogP contribution in [0.15, 0.2) is 122 Å². The molecule has 0 aliphatic rings. The van der Waals surface area contributed by atoms with Crippen LogP contribution in [0, 0.1) is 0 Å². The first-order chi connectivity index (χ1) is 39.8. The third-order valence-electron chi connectivity index (χ3n) is 13.8. The van der Waals surface area contributed by atoms with Crippen LogP contribution in [0.1, 0.15) is 284 Å². The van der Waals surface area contributed by atoms with Gasteiger partial charge in [0.05, 0.1) is 13.2 Å². The molecule has 0 saturated heterocycles. The predicted molar refractivity (Wildman–Crippen MR) is 348 cm³/mol. The first-order valence-corrected chi connectivity index (χ1v) is 34.5. The number of carbonyl (C=O) groups is 2. The molecule has 0 saturated carbocycles. The summed E-state index contributed by atoms with van der Waals surface area (Å²) in [7, 11) is -4.40. The fourth-order valence-electron chi connectivity index (χ4n) is 8.98. The highest BCUT2D eigenvalue weighted by Gasteiger charge is 2.26. The largest absolute Gasteiger partial charge is 0.472 e. The maximum absolute atomic E-state index is 12.7. The van der Waals surface area contributed by atoms with E-state index in [-0.39, 0.29) is 38.6 Å². The zero-order chi connectivity index (χ0) is 58.7. The molecule has 9 nitrogen and oxygen atoms in total. The van der Waals surface area contributed by atoms with E-state index in [1.54, 1.807) is 0 Å². The van der Waals surface area contributed by atoms with Crippen LogP contribution in [0.3, 0.4) is 0 Å². The summed E-state index contributed by atoms with van der Waals surface area (Å²) in [6, 6.07) is 0. The Kier molecular flexibility index (Phi) is 62.7. The highest BCUT2D eigenvalue weighted by molar-refractivity contribution is 7.47. The summed E-state index contributed by atoms with van der Waals surface area (Å²) in [5, 5.41) is 0. The molecule has 0 aromatic heterocycles.